The average molecular weight is 959 g/mol. The fourth-order valence-corrected chi connectivity index (χ4v) is 11.4. The molecule has 4 heterocycles. The normalized spacial score (nSPS) is 21.5. The number of guanidine groups is 2. The molecule has 0 unspecified atom stereocenters. The predicted molar refractivity (Wildman–Crippen MR) is 264 cm³/mol. The Hall–Kier alpha value is -4.31. The van der Waals surface area contributed by atoms with Gasteiger partial charge < -0.3 is 63.9 Å². The molecule has 21 heteroatoms. The van der Waals surface area contributed by atoms with Gasteiger partial charge in [0.2, 0.25) is 23.6 Å². The predicted octanol–water partition coefficient (Wildman–Crippen LogP) is 2.30. The molecule has 2 fully saturated rings. The van der Waals surface area contributed by atoms with Gasteiger partial charge in [0.25, 0.3) is 5.91 Å². The van der Waals surface area contributed by atoms with Gasteiger partial charge in [0, 0.05) is 90.8 Å². The number of unbranched alkanes of at least 4 members (excludes halogenated alkanes) is 6. The number of hydrogen-bond donors (Lipinski definition) is 10. The number of carbonyl (C=O) groups is 5. The van der Waals surface area contributed by atoms with E-state index in [1.54, 1.807) is 18.2 Å². The number of nitrogens with two attached hydrogens (primary N) is 3. The second kappa shape index (κ2) is 29.4. The maximum absolute atomic E-state index is 13.2. The highest BCUT2D eigenvalue weighted by Crippen LogP contribution is 2.36. The second-order valence-corrected chi connectivity index (χ2v) is 19.8. The van der Waals surface area contributed by atoms with E-state index in [4.69, 9.17) is 26.7 Å². The molecule has 0 saturated carbocycles. The van der Waals surface area contributed by atoms with Crippen LogP contribution in [0.1, 0.15) is 113 Å². The summed E-state index contributed by atoms with van der Waals surface area (Å²) in [5, 5.41) is 22.0. The van der Waals surface area contributed by atoms with Crippen molar-refractivity contribution in [2.45, 2.75) is 137 Å². The Morgan fingerprint density at radius 1 is 0.576 bits per heavy atom. The number of rotatable bonds is 33. The number of aliphatic imine (C=N–C) groups is 2. The number of anilines is 2. The van der Waals surface area contributed by atoms with E-state index in [9.17, 15) is 24.0 Å². The van der Waals surface area contributed by atoms with Crippen LogP contribution in [-0.2, 0) is 28.7 Å². The third-order valence-electron chi connectivity index (χ3n) is 11.8. The van der Waals surface area contributed by atoms with Crippen molar-refractivity contribution in [3.05, 3.63) is 23.8 Å². The molecule has 4 aliphatic heterocycles. The van der Waals surface area contributed by atoms with Crippen LogP contribution in [0.15, 0.2) is 28.2 Å². The Kier molecular flexibility index (Phi) is 23.5. The number of amides is 5. The Morgan fingerprint density at radius 2 is 1.05 bits per heavy atom. The zero-order valence-corrected chi connectivity index (χ0v) is 40.0. The zero-order valence-electron chi connectivity index (χ0n) is 38.4. The smallest absolute Gasteiger partial charge is 0.251 e. The number of nitrogens with one attached hydrogen (secondary N) is 7. The largest absolute Gasteiger partial charge is 0.378 e. The number of nitrogens with zero attached hydrogens (tertiary/aromatic N) is 2. The summed E-state index contributed by atoms with van der Waals surface area (Å²) in [4.78, 5) is 73.1. The summed E-state index contributed by atoms with van der Waals surface area (Å²) in [6.07, 6.45) is 11.2. The molecule has 19 nitrogen and oxygen atoms in total. The number of hydrogen-bond acceptors (Lipinski definition) is 16. The molecular weight excluding hydrogens is 885 g/mol. The summed E-state index contributed by atoms with van der Waals surface area (Å²) in [5.41, 5.74) is 18.1. The van der Waals surface area contributed by atoms with Gasteiger partial charge in [-0.2, -0.15) is 23.5 Å². The van der Waals surface area contributed by atoms with Crippen LogP contribution < -0.4 is 54.4 Å². The van der Waals surface area contributed by atoms with E-state index < -0.39 is 0 Å². The monoisotopic (exact) mass is 959 g/mol. The SMILES string of the molecule is NCCOCCOCCNC(=O)c1cc(NC(=O)CCCCCC(=O)NCCCC[C@@H]2SC[C@@H]3NC(N)=N[C@@H]32)cc(NC(=O)CCCCCC(=O)NCCCC[C@@H]2SC[C@@H]3NC(N)=N[C@@H]32)c1. The first-order chi connectivity index (χ1) is 32.1. The lowest BCUT2D eigenvalue weighted by molar-refractivity contribution is -0.122. The standard InChI is InChI=1S/C45H74N12O7S2/c46-17-21-63-23-24-64-22-20-51-43(62)30-25-31(52-39(60)15-5-1-3-13-37(58)49-18-9-7-11-35-41-33(28-65-35)54-44(47)56-41)27-32(26-30)53-40(61)16-6-2-4-14-38(59)50-19-10-8-12-36-42-34(29-66-36)55-45(48)57-42/h25-27,33-36,41-42H,1-24,28-29,46H2,(H,49,58)(H,50,59)(H,51,62)(H,52,60)(H,53,61)(H3,47,54,56)(H3,48,55,57)/t33-,34-,35-,36-,41-,42-/m0/s1. The van der Waals surface area contributed by atoms with E-state index in [0.29, 0.717) is 137 Å². The molecule has 66 heavy (non-hydrogen) atoms. The molecule has 368 valence electrons. The average Bonchev–Trinajstić information content (AvgIpc) is 4.05. The fraction of sp³-hybridized carbons (Fsp3) is 0.711. The van der Waals surface area contributed by atoms with E-state index >= 15 is 0 Å². The maximum Gasteiger partial charge on any atom is 0.251 e. The Bertz CT molecular complexity index is 1690. The van der Waals surface area contributed by atoms with Gasteiger partial charge in [-0.25, -0.2) is 9.98 Å². The van der Waals surface area contributed by atoms with Crippen LogP contribution in [0.25, 0.3) is 0 Å². The van der Waals surface area contributed by atoms with Crippen LogP contribution in [0.4, 0.5) is 11.4 Å². The van der Waals surface area contributed by atoms with Crippen LogP contribution in [0, 0.1) is 0 Å². The van der Waals surface area contributed by atoms with Crippen LogP contribution in [-0.4, -0.2) is 140 Å². The quantitative estimate of drug-likeness (QED) is 0.0453. The molecule has 0 aliphatic carbocycles. The van der Waals surface area contributed by atoms with E-state index in [-0.39, 0.29) is 73.2 Å². The highest BCUT2D eigenvalue weighted by molar-refractivity contribution is 8.00. The Balaban J connectivity index is 0.953. The molecule has 1 aromatic carbocycles. The van der Waals surface area contributed by atoms with Crippen LogP contribution in [0.3, 0.4) is 0 Å². The highest BCUT2D eigenvalue weighted by Gasteiger charge is 2.41. The summed E-state index contributed by atoms with van der Waals surface area (Å²) in [7, 11) is 0. The summed E-state index contributed by atoms with van der Waals surface area (Å²) in [6.45, 7) is 3.46. The van der Waals surface area contributed by atoms with Crippen molar-refractivity contribution in [2.24, 2.45) is 27.2 Å². The lowest BCUT2D eigenvalue weighted by atomic mass is 10.0. The zero-order chi connectivity index (χ0) is 46.9. The first-order valence-electron chi connectivity index (χ1n) is 23.9. The van der Waals surface area contributed by atoms with Gasteiger partial charge in [0.1, 0.15) is 0 Å². The van der Waals surface area contributed by atoms with Gasteiger partial charge in [-0.15, -0.1) is 0 Å². The molecule has 1 aromatic rings. The minimum absolute atomic E-state index is 0.0153. The molecule has 6 atom stereocenters. The lowest BCUT2D eigenvalue weighted by Crippen LogP contribution is -2.38. The topological polar surface area (TPSA) is 291 Å². The van der Waals surface area contributed by atoms with E-state index in [1.807, 2.05) is 23.5 Å². The molecule has 5 amide bonds. The van der Waals surface area contributed by atoms with Crippen molar-refractivity contribution in [1.29, 1.82) is 0 Å². The third kappa shape index (κ3) is 19.1. The highest BCUT2D eigenvalue weighted by atomic mass is 32.2. The number of ether oxygens (including phenoxy) is 2. The molecule has 13 N–H and O–H groups in total. The number of carbonyl (C=O) groups excluding carboxylic acids is 5. The van der Waals surface area contributed by atoms with E-state index in [0.717, 1.165) is 50.0 Å². The van der Waals surface area contributed by atoms with Gasteiger partial charge in [0.05, 0.1) is 50.6 Å². The van der Waals surface area contributed by atoms with Crippen LogP contribution in [0.5, 0.6) is 0 Å². The molecule has 4 aliphatic rings. The lowest BCUT2D eigenvalue weighted by Gasteiger charge is -2.14. The summed E-state index contributed by atoms with van der Waals surface area (Å²) >= 11 is 3.89. The second-order valence-electron chi connectivity index (χ2n) is 17.2. The van der Waals surface area contributed by atoms with Gasteiger partial charge in [-0.3, -0.25) is 24.0 Å². The van der Waals surface area contributed by atoms with Crippen molar-refractivity contribution in [3.8, 4) is 0 Å². The van der Waals surface area contributed by atoms with Crippen LogP contribution >= 0.6 is 23.5 Å². The summed E-state index contributed by atoms with van der Waals surface area (Å²) in [5.74, 6) is 2.31. The van der Waals surface area contributed by atoms with E-state index in [2.05, 4.69) is 47.2 Å². The molecule has 0 radical (unpaired) electrons. The van der Waals surface area contributed by atoms with Crippen molar-refractivity contribution >= 4 is 76.4 Å². The van der Waals surface area contributed by atoms with Crippen molar-refractivity contribution in [3.63, 3.8) is 0 Å². The molecule has 2 saturated heterocycles. The van der Waals surface area contributed by atoms with Gasteiger partial charge in [-0.1, -0.05) is 25.7 Å². The minimum Gasteiger partial charge on any atom is -0.378 e. The van der Waals surface area contributed by atoms with Crippen molar-refractivity contribution in [1.82, 2.24) is 26.6 Å². The minimum atomic E-state index is -0.387. The molecule has 0 spiro atoms. The number of thioether (sulfide) groups is 2. The fourth-order valence-electron chi connectivity index (χ4n) is 8.41. The van der Waals surface area contributed by atoms with Crippen molar-refractivity contribution < 1.29 is 33.4 Å². The van der Waals surface area contributed by atoms with Gasteiger partial charge in [-0.05, 0) is 69.6 Å². The maximum atomic E-state index is 13.2. The number of benzene rings is 1. The van der Waals surface area contributed by atoms with Crippen LogP contribution in [0.2, 0.25) is 0 Å². The molecule has 0 bridgehead atoms. The molecular formula is C45H74N12O7S2. The first kappa shape index (κ1) is 52.7. The van der Waals surface area contributed by atoms with E-state index in [1.165, 1.54) is 0 Å². The summed E-state index contributed by atoms with van der Waals surface area (Å²) < 4.78 is 10.8. The van der Waals surface area contributed by atoms with Crippen molar-refractivity contribution in [2.75, 3.05) is 74.7 Å². The Morgan fingerprint density at radius 3 is 1.53 bits per heavy atom. The molecule has 5 rings (SSSR count). The third-order valence-corrected chi connectivity index (χ3v) is 14.8. The number of fused-ring (bicyclic) bond motifs is 2. The van der Waals surface area contributed by atoms with Gasteiger partial charge >= 0.3 is 0 Å². The van der Waals surface area contributed by atoms with Gasteiger partial charge in [0.15, 0.2) is 11.9 Å². The summed E-state index contributed by atoms with van der Waals surface area (Å²) in [6, 6.07) is 5.98. The molecule has 0 aromatic heterocycles. The first-order valence-corrected chi connectivity index (χ1v) is 26.0. The Labute approximate surface area is 398 Å².